The van der Waals surface area contributed by atoms with E-state index in [1.165, 1.54) is 5.56 Å². The summed E-state index contributed by atoms with van der Waals surface area (Å²) in [6, 6.07) is 8.61. The Morgan fingerprint density at radius 1 is 1.35 bits per heavy atom. The first kappa shape index (κ1) is 15.3. The molecule has 1 heterocycles. The normalized spacial score (nSPS) is 20.0. The van der Waals surface area contributed by atoms with Gasteiger partial charge in [0.15, 0.2) is 0 Å². The van der Waals surface area contributed by atoms with E-state index in [-0.39, 0.29) is 0 Å². The summed E-state index contributed by atoms with van der Waals surface area (Å²) in [6.07, 6.45) is 2.06. The standard InChI is InChI=1S/C16H25NO3/c1-17-16(14-8-10-19-11-14)12-20-15-5-3-13(4-6-15)7-9-18-2/h3-6,14,16-17H,7-12H2,1-2H3. The maximum absolute atomic E-state index is 5.88. The van der Waals surface area contributed by atoms with Gasteiger partial charge in [-0.15, -0.1) is 0 Å². The van der Waals surface area contributed by atoms with Crippen molar-refractivity contribution in [3.8, 4) is 5.75 Å². The summed E-state index contributed by atoms with van der Waals surface area (Å²) < 4.78 is 16.4. The molecule has 0 aliphatic carbocycles. The van der Waals surface area contributed by atoms with Gasteiger partial charge in [0.05, 0.1) is 13.2 Å². The van der Waals surface area contributed by atoms with Gasteiger partial charge in [-0.25, -0.2) is 0 Å². The van der Waals surface area contributed by atoms with Gasteiger partial charge in [0.2, 0.25) is 0 Å². The summed E-state index contributed by atoms with van der Waals surface area (Å²) in [5.74, 6) is 1.48. The number of likely N-dealkylation sites (N-methyl/N-ethyl adjacent to an activating group) is 1. The molecule has 20 heavy (non-hydrogen) atoms. The van der Waals surface area contributed by atoms with Crippen LogP contribution in [0.5, 0.6) is 5.75 Å². The Balaban J connectivity index is 1.80. The number of ether oxygens (including phenoxy) is 3. The van der Waals surface area contributed by atoms with Crippen LogP contribution in [0.3, 0.4) is 0 Å². The largest absolute Gasteiger partial charge is 0.492 e. The number of hydrogen-bond acceptors (Lipinski definition) is 4. The molecule has 4 heteroatoms. The van der Waals surface area contributed by atoms with Crippen molar-refractivity contribution >= 4 is 0 Å². The highest BCUT2D eigenvalue weighted by Gasteiger charge is 2.24. The molecule has 1 aliphatic rings. The predicted molar refractivity (Wildman–Crippen MR) is 79.3 cm³/mol. The Morgan fingerprint density at radius 2 is 2.15 bits per heavy atom. The van der Waals surface area contributed by atoms with Gasteiger partial charge < -0.3 is 19.5 Å². The number of benzene rings is 1. The lowest BCUT2D eigenvalue weighted by atomic mass is 10.00. The monoisotopic (exact) mass is 279 g/mol. The molecule has 0 saturated carbocycles. The summed E-state index contributed by atoms with van der Waals surface area (Å²) >= 11 is 0. The van der Waals surface area contributed by atoms with Crippen molar-refractivity contribution in [1.29, 1.82) is 0 Å². The SMILES string of the molecule is CNC(COc1ccc(CCOC)cc1)C1CCOC1. The molecule has 1 aromatic rings. The number of rotatable bonds is 8. The quantitative estimate of drug-likeness (QED) is 0.789. The molecule has 0 amide bonds. The molecular formula is C16H25NO3. The molecule has 4 nitrogen and oxygen atoms in total. The first-order chi connectivity index (χ1) is 9.83. The summed E-state index contributed by atoms with van der Waals surface area (Å²) in [4.78, 5) is 0. The van der Waals surface area contributed by atoms with Crippen LogP contribution in [0.4, 0.5) is 0 Å². The van der Waals surface area contributed by atoms with Crippen molar-refractivity contribution < 1.29 is 14.2 Å². The molecule has 1 saturated heterocycles. The Kier molecular flexibility index (Phi) is 6.30. The van der Waals surface area contributed by atoms with Crippen molar-refractivity contribution in [2.75, 3.05) is 40.6 Å². The molecule has 112 valence electrons. The first-order valence-corrected chi connectivity index (χ1v) is 7.29. The smallest absolute Gasteiger partial charge is 0.119 e. The third-order valence-corrected chi connectivity index (χ3v) is 3.85. The van der Waals surface area contributed by atoms with E-state index >= 15 is 0 Å². The average Bonchev–Trinajstić information content (AvgIpc) is 3.01. The van der Waals surface area contributed by atoms with Gasteiger partial charge >= 0.3 is 0 Å². The van der Waals surface area contributed by atoms with Crippen LogP contribution in [0.2, 0.25) is 0 Å². The van der Waals surface area contributed by atoms with E-state index in [1.807, 2.05) is 19.2 Å². The van der Waals surface area contributed by atoms with Crippen molar-refractivity contribution in [2.24, 2.45) is 5.92 Å². The first-order valence-electron chi connectivity index (χ1n) is 7.29. The zero-order valence-corrected chi connectivity index (χ0v) is 12.4. The Hall–Kier alpha value is -1.10. The van der Waals surface area contributed by atoms with Crippen LogP contribution < -0.4 is 10.1 Å². The highest BCUT2D eigenvalue weighted by atomic mass is 16.5. The molecule has 1 aromatic carbocycles. The zero-order chi connectivity index (χ0) is 14.2. The van der Waals surface area contributed by atoms with Crippen LogP contribution in [-0.4, -0.2) is 46.6 Å². The van der Waals surface area contributed by atoms with Crippen LogP contribution in [-0.2, 0) is 15.9 Å². The molecule has 1 N–H and O–H groups in total. The molecule has 1 aliphatic heterocycles. The third-order valence-electron chi connectivity index (χ3n) is 3.85. The van der Waals surface area contributed by atoms with Crippen molar-refractivity contribution in [1.82, 2.24) is 5.32 Å². The van der Waals surface area contributed by atoms with Crippen molar-refractivity contribution in [2.45, 2.75) is 18.9 Å². The zero-order valence-electron chi connectivity index (χ0n) is 12.4. The number of hydrogen-bond donors (Lipinski definition) is 1. The molecule has 0 spiro atoms. The predicted octanol–water partition coefficient (Wildman–Crippen LogP) is 1.88. The van der Waals surface area contributed by atoms with Crippen LogP contribution >= 0.6 is 0 Å². The van der Waals surface area contributed by atoms with Gasteiger partial charge in [-0.05, 0) is 37.6 Å². The fraction of sp³-hybridized carbons (Fsp3) is 0.625. The molecule has 2 unspecified atom stereocenters. The van der Waals surface area contributed by atoms with E-state index in [9.17, 15) is 0 Å². The second kappa shape index (κ2) is 8.25. The third kappa shape index (κ3) is 4.47. The van der Waals surface area contributed by atoms with Gasteiger partial charge in [-0.3, -0.25) is 0 Å². The topological polar surface area (TPSA) is 39.7 Å². The van der Waals surface area contributed by atoms with E-state index in [1.54, 1.807) is 7.11 Å². The molecule has 0 aromatic heterocycles. The maximum Gasteiger partial charge on any atom is 0.119 e. The van der Waals surface area contributed by atoms with Gasteiger partial charge in [0, 0.05) is 25.7 Å². The lowest BCUT2D eigenvalue weighted by molar-refractivity contribution is 0.162. The summed E-state index contributed by atoms with van der Waals surface area (Å²) in [6.45, 7) is 3.15. The minimum atomic E-state index is 0.352. The number of nitrogens with one attached hydrogen (secondary N) is 1. The fourth-order valence-electron chi connectivity index (χ4n) is 2.48. The summed E-state index contributed by atoms with van der Waals surface area (Å²) in [5, 5.41) is 3.33. The van der Waals surface area contributed by atoms with Gasteiger partial charge in [0.25, 0.3) is 0 Å². The second-order valence-electron chi connectivity index (χ2n) is 5.22. The van der Waals surface area contributed by atoms with Crippen LogP contribution in [0.1, 0.15) is 12.0 Å². The summed E-state index contributed by atoms with van der Waals surface area (Å²) in [7, 11) is 3.71. The van der Waals surface area contributed by atoms with Gasteiger partial charge in [0.1, 0.15) is 12.4 Å². The van der Waals surface area contributed by atoms with Crippen LogP contribution in [0.15, 0.2) is 24.3 Å². The second-order valence-corrected chi connectivity index (χ2v) is 5.22. The average molecular weight is 279 g/mol. The van der Waals surface area contributed by atoms with Crippen LogP contribution in [0.25, 0.3) is 0 Å². The van der Waals surface area contributed by atoms with Gasteiger partial charge in [-0.1, -0.05) is 12.1 Å². The van der Waals surface area contributed by atoms with Crippen molar-refractivity contribution in [3.63, 3.8) is 0 Å². The van der Waals surface area contributed by atoms with E-state index in [0.717, 1.165) is 38.4 Å². The number of methoxy groups -OCH3 is 1. The summed E-state index contributed by atoms with van der Waals surface area (Å²) in [5.41, 5.74) is 1.27. The van der Waals surface area contributed by atoms with E-state index < -0.39 is 0 Å². The van der Waals surface area contributed by atoms with Crippen molar-refractivity contribution in [3.05, 3.63) is 29.8 Å². The molecule has 0 bridgehead atoms. The molecule has 2 atom stereocenters. The lowest BCUT2D eigenvalue weighted by Gasteiger charge is -2.22. The molecule has 2 rings (SSSR count). The van der Waals surface area contributed by atoms with E-state index in [4.69, 9.17) is 14.2 Å². The Labute approximate surface area is 121 Å². The minimum Gasteiger partial charge on any atom is -0.492 e. The minimum absolute atomic E-state index is 0.352. The highest BCUT2D eigenvalue weighted by molar-refractivity contribution is 5.27. The lowest BCUT2D eigenvalue weighted by Crippen LogP contribution is -2.39. The Morgan fingerprint density at radius 3 is 2.75 bits per heavy atom. The Bertz CT molecular complexity index is 374. The van der Waals surface area contributed by atoms with Crippen LogP contribution in [0, 0.1) is 5.92 Å². The molecule has 1 fully saturated rings. The highest BCUT2D eigenvalue weighted by Crippen LogP contribution is 2.18. The van der Waals surface area contributed by atoms with E-state index in [2.05, 4.69) is 17.4 Å². The molecular weight excluding hydrogens is 254 g/mol. The fourth-order valence-corrected chi connectivity index (χ4v) is 2.48. The van der Waals surface area contributed by atoms with E-state index in [0.29, 0.717) is 18.6 Å². The van der Waals surface area contributed by atoms with Gasteiger partial charge in [-0.2, -0.15) is 0 Å². The molecule has 0 radical (unpaired) electrons. The maximum atomic E-state index is 5.88.